The van der Waals surface area contributed by atoms with Crippen molar-refractivity contribution in [3.8, 4) is 0 Å². The van der Waals surface area contributed by atoms with Gasteiger partial charge in [-0.25, -0.2) is 4.99 Å². The Morgan fingerprint density at radius 3 is 1.54 bits per heavy atom. The number of aliphatic hydroxyl groups excluding tert-OH is 4. The minimum absolute atomic E-state index is 0.0548. The highest BCUT2D eigenvalue weighted by Gasteiger charge is 2.18. The summed E-state index contributed by atoms with van der Waals surface area (Å²) < 4.78 is -1.25. The number of nitrogens with one attached hydrogen (secondary N) is 3. The Hall–Kier alpha value is -3.86. The van der Waals surface area contributed by atoms with Crippen LogP contribution in [0.15, 0.2) is 77.1 Å². The maximum Gasteiger partial charge on any atom is 0.204 e. The number of benzene rings is 2. The molecule has 0 radical (unpaired) electrons. The number of nitrogens with zero attached hydrogens (tertiary/aromatic N) is 3. The summed E-state index contributed by atoms with van der Waals surface area (Å²) in [6, 6.07) is 14.7. The number of rotatable bonds is 21. The molecule has 3 rings (SSSR count). The van der Waals surface area contributed by atoms with E-state index in [0.29, 0.717) is 48.7 Å². The van der Waals surface area contributed by atoms with Crippen molar-refractivity contribution in [2.45, 2.75) is 12.8 Å². The van der Waals surface area contributed by atoms with Crippen LogP contribution in [0.4, 0.5) is 22.7 Å². The number of aliphatic imine (C=N–C) groups is 1. The average molecular weight is 642 g/mol. The van der Waals surface area contributed by atoms with Crippen molar-refractivity contribution < 1.29 is 34.5 Å². The first kappa shape index (κ1) is 36.6. The van der Waals surface area contributed by atoms with E-state index in [1.165, 1.54) is 6.08 Å². The van der Waals surface area contributed by atoms with Gasteiger partial charge in [0.05, 0.1) is 62.3 Å². The largest absolute Gasteiger partial charge is 0.633 e. The van der Waals surface area contributed by atoms with E-state index >= 15 is 0 Å². The molecule has 0 heterocycles. The van der Waals surface area contributed by atoms with Crippen LogP contribution in [0.1, 0.15) is 12.8 Å². The highest BCUT2D eigenvalue weighted by molar-refractivity contribution is 6.23. The average Bonchev–Trinajstić information content (AvgIpc) is 3.02. The predicted octanol–water partition coefficient (Wildman–Crippen LogP) is 1.38. The van der Waals surface area contributed by atoms with Crippen molar-refractivity contribution in [1.29, 1.82) is 0 Å². The Morgan fingerprint density at radius 2 is 1.09 bits per heavy atom. The fourth-order valence-corrected chi connectivity index (χ4v) is 5.00. The Kier molecular flexibility index (Phi) is 14.6. The lowest BCUT2D eigenvalue weighted by atomic mass is 10.1. The molecule has 0 saturated carbocycles. The van der Waals surface area contributed by atoms with Crippen LogP contribution in [-0.2, 0) is 4.79 Å². The minimum atomic E-state index is -0.627. The minimum Gasteiger partial charge on any atom is -0.633 e. The Bertz CT molecular complexity index is 1320. The number of hydrogen-bond acceptors (Lipinski definition) is 12. The molecular weight excluding hydrogens is 594 g/mol. The van der Waals surface area contributed by atoms with Crippen LogP contribution in [0.5, 0.6) is 0 Å². The molecule has 2 aromatic carbocycles. The third-order valence-corrected chi connectivity index (χ3v) is 7.58. The monoisotopic (exact) mass is 641 g/mol. The molecule has 1 aliphatic rings. The van der Waals surface area contributed by atoms with E-state index in [-0.39, 0.29) is 77.2 Å². The second kappa shape index (κ2) is 18.3. The first-order valence-corrected chi connectivity index (χ1v) is 15.5. The van der Waals surface area contributed by atoms with Crippen molar-refractivity contribution in [2.75, 3.05) is 94.7 Å². The van der Waals surface area contributed by atoms with Gasteiger partial charge >= 0.3 is 0 Å². The van der Waals surface area contributed by atoms with E-state index in [4.69, 9.17) is 26.2 Å². The molecule has 0 aromatic heterocycles. The van der Waals surface area contributed by atoms with Gasteiger partial charge in [-0.3, -0.25) is 4.79 Å². The predicted molar refractivity (Wildman–Crippen MR) is 180 cm³/mol. The van der Waals surface area contributed by atoms with Crippen molar-refractivity contribution in [3.05, 3.63) is 82.5 Å². The number of aliphatic hydroxyl groups is 4. The topological polar surface area (TPSA) is 219 Å². The zero-order valence-electron chi connectivity index (χ0n) is 26.1. The molecule has 0 bridgehead atoms. The number of allylic oxidation sites excluding steroid dienone is 2. The maximum atomic E-state index is 12.7. The molecule has 46 heavy (non-hydrogen) atoms. The molecule has 14 heteroatoms. The Morgan fingerprint density at radius 1 is 0.652 bits per heavy atom. The van der Waals surface area contributed by atoms with E-state index in [0.717, 1.165) is 11.4 Å². The van der Waals surface area contributed by atoms with E-state index in [1.54, 1.807) is 6.08 Å². The lowest BCUT2D eigenvalue weighted by molar-refractivity contribution is -0.881. The number of ketones is 1. The molecule has 0 fully saturated rings. The van der Waals surface area contributed by atoms with Crippen molar-refractivity contribution in [1.82, 2.24) is 0 Å². The number of anilines is 3. The molecule has 0 atom stereocenters. The van der Waals surface area contributed by atoms with Crippen LogP contribution in [-0.4, -0.2) is 120 Å². The van der Waals surface area contributed by atoms with Gasteiger partial charge in [0, 0.05) is 49.1 Å². The molecule has 0 amide bonds. The quantitative estimate of drug-likeness (QED) is 0.0421. The first-order valence-electron chi connectivity index (χ1n) is 15.5. The summed E-state index contributed by atoms with van der Waals surface area (Å²) in [6.07, 6.45) is 4.08. The Balaban J connectivity index is 1.53. The van der Waals surface area contributed by atoms with E-state index in [2.05, 4.69) is 20.9 Å². The fraction of sp³-hybridized carbons (Fsp3) is 0.438. The molecular formula is C32H47N7O7. The molecule has 1 aliphatic carbocycles. The highest BCUT2D eigenvalue weighted by atomic mass is 16.6. The smallest absolute Gasteiger partial charge is 0.204 e. The van der Waals surface area contributed by atoms with Crippen molar-refractivity contribution >= 4 is 34.2 Å². The van der Waals surface area contributed by atoms with E-state index < -0.39 is 9.29 Å². The summed E-state index contributed by atoms with van der Waals surface area (Å²) >= 11 is 0. The summed E-state index contributed by atoms with van der Waals surface area (Å²) in [5.41, 5.74) is 10.1. The molecule has 252 valence electrons. The third-order valence-electron chi connectivity index (χ3n) is 7.58. The maximum absolute atomic E-state index is 12.7. The second-order valence-electron chi connectivity index (χ2n) is 11.2. The molecule has 2 aromatic rings. The van der Waals surface area contributed by atoms with Gasteiger partial charge in [-0.05, 0) is 54.6 Å². The molecule has 9 N–H and O–H groups in total. The number of hydroxylamine groups is 6. The van der Waals surface area contributed by atoms with Gasteiger partial charge in [-0.15, -0.1) is 0 Å². The second-order valence-corrected chi connectivity index (χ2v) is 11.2. The standard InChI is InChI=1S/C32H47N7O7/c33-29-23-32(44)31(37-28-9-5-26(6-10-28)35-12-2-14-39(46,17-21-42)18-22-43)24-30(29)36-27-7-3-25(4-8-27)34-11-1-13-38(45,15-19-40)16-20-41/h3-10,23-24,34-35,37,40-43H,1-2,11-22,33H2/b36-30+. The SMILES string of the molecule is NC1=CC(=O)C(Nc2ccc(NCCC[N+]([O-])(CCO)CCO)cc2)=C/C1=N\c1ccc(NCCC[N+]([O-])(CCO)CCO)cc1. The van der Waals surface area contributed by atoms with E-state index in [9.17, 15) is 15.2 Å². The van der Waals surface area contributed by atoms with Gasteiger partial charge in [-0.1, -0.05) is 0 Å². The van der Waals surface area contributed by atoms with Crippen LogP contribution < -0.4 is 21.7 Å². The van der Waals surface area contributed by atoms with Gasteiger partial charge in [-0.2, -0.15) is 0 Å². The van der Waals surface area contributed by atoms with Gasteiger partial charge in [0.1, 0.15) is 26.2 Å². The molecule has 0 saturated heterocycles. The van der Waals surface area contributed by atoms with Crippen LogP contribution in [0, 0.1) is 10.4 Å². The third kappa shape index (κ3) is 11.8. The van der Waals surface area contributed by atoms with Gasteiger partial charge < -0.3 is 61.8 Å². The van der Waals surface area contributed by atoms with Crippen LogP contribution in [0.2, 0.25) is 0 Å². The number of hydrogen-bond donors (Lipinski definition) is 8. The van der Waals surface area contributed by atoms with Gasteiger partial charge in [0.25, 0.3) is 0 Å². The van der Waals surface area contributed by atoms with Crippen LogP contribution in [0.3, 0.4) is 0 Å². The molecule has 0 spiro atoms. The highest BCUT2D eigenvalue weighted by Crippen LogP contribution is 2.22. The molecule has 0 unspecified atom stereocenters. The summed E-state index contributed by atoms with van der Waals surface area (Å²) in [5.74, 6) is -0.276. The number of carbonyl (C=O) groups is 1. The van der Waals surface area contributed by atoms with Crippen LogP contribution >= 0.6 is 0 Å². The van der Waals surface area contributed by atoms with Crippen molar-refractivity contribution in [3.63, 3.8) is 0 Å². The molecule has 0 aliphatic heterocycles. The number of nitrogens with two attached hydrogens (primary N) is 1. The van der Waals surface area contributed by atoms with Crippen LogP contribution in [0.25, 0.3) is 0 Å². The summed E-state index contributed by atoms with van der Waals surface area (Å²) in [7, 11) is 0. The molecule has 14 nitrogen and oxygen atoms in total. The zero-order chi connectivity index (χ0) is 33.4. The summed E-state index contributed by atoms with van der Waals surface area (Å²) in [5, 5.41) is 71.2. The number of carbonyl (C=O) groups excluding carboxylic acids is 1. The summed E-state index contributed by atoms with van der Waals surface area (Å²) in [6.45, 7) is 1.01. The van der Waals surface area contributed by atoms with Gasteiger partial charge in [0.15, 0.2) is 0 Å². The fourth-order valence-electron chi connectivity index (χ4n) is 5.00. The normalized spacial score (nSPS) is 14.7. The van der Waals surface area contributed by atoms with Gasteiger partial charge in [0.2, 0.25) is 5.78 Å². The number of quaternary nitrogens is 2. The zero-order valence-corrected chi connectivity index (χ0v) is 26.1. The van der Waals surface area contributed by atoms with E-state index in [1.807, 2.05) is 48.5 Å². The Labute approximate surface area is 269 Å². The van der Waals surface area contributed by atoms with Crippen molar-refractivity contribution in [2.24, 2.45) is 10.7 Å². The lowest BCUT2D eigenvalue weighted by Gasteiger charge is -2.42. The lowest BCUT2D eigenvalue weighted by Crippen LogP contribution is -2.47. The summed E-state index contributed by atoms with van der Waals surface area (Å²) in [4.78, 5) is 17.3. The first-order chi connectivity index (χ1) is 22.1.